The van der Waals surface area contributed by atoms with Crippen molar-refractivity contribution in [2.24, 2.45) is 5.73 Å². The van der Waals surface area contributed by atoms with Crippen molar-refractivity contribution in [2.75, 3.05) is 0 Å². The van der Waals surface area contributed by atoms with Crippen LogP contribution in [-0.2, 0) is 4.79 Å². The van der Waals surface area contributed by atoms with Gasteiger partial charge in [-0.2, -0.15) is 0 Å². The van der Waals surface area contributed by atoms with Gasteiger partial charge >= 0.3 is 0 Å². The maximum Gasteiger partial charge on any atom is 0.265 e. The number of benzene rings is 2. The van der Waals surface area contributed by atoms with Gasteiger partial charge in [-0.05, 0) is 23.8 Å². The SMILES string of the molecule is NC(=O)/C(=C/C=C/c1ccccc1)NC(=O)c1ccccc1. The molecule has 2 rings (SSSR count). The van der Waals surface area contributed by atoms with E-state index in [1.54, 1.807) is 30.3 Å². The molecule has 0 saturated carbocycles. The summed E-state index contributed by atoms with van der Waals surface area (Å²) >= 11 is 0. The second-order valence-corrected chi connectivity index (χ2v) is 4.53. The van der Waals surface area contributed by atoms with E-state index < -0.39 is 5.91 Å². The molecule has 110 valence electrons. The summed E-state index contributed by atoms with van der Waals surface area (Å²) in [6, 6.07) is 18.2. The molecule has 0 unspecified atom stereocenters. The third-order valence-electron chi connectivity index (χ3n) is 2.90. The molecule has 0 aliphatic rings. The molecule has 0 fully saturated rings. The van der Waals surface area contributed by atoms with Gasteiger partial charge in [0, 0.05) is 5.56 Å². The van der Waals surface area contributed by atoms with Gasteiger partial charge in [-0.3, -0.25) is 9.59 Å². The number of rotatable bonds is 5. The van der Waals surface area contributed by atoms with E-state index >= 15 is 0 Å². The van der Waals surface area contributed by atoms with Crippen molar-refractivity contribution >= 4 is 17.9 Å². The van der Waals surface area contributed by atoms with Gasteiger partial charge in [-0.15, -0.1) is 0 Å². The fourth-order valence-corrected chi connectivity index (χ4v) is 1.79. The third kappa shape index (κ3) is 4.45. The van der Waals surface area contributed by atoms with Gasteiger partial charge < -0.3 is 11.1 Å². The van der Waals surface area contributed by atoms with Crippen molar-refractivity contribution in [1.82, 2.24) is 5.32 Å². The maximum atomic E-state index is 12.0. The molecule has 0 atom stereocenters. The fraction of sp³-hybridized carbons (Fsp3) is 0. The standard InChI is InChI=1S/C18H16N2O2/c19-17(21)16(13-7-10-14-8-3-1-4-9-14)20-18(22)15-11-5-2-6-12-15/h1-13H,(H2,19,21)(H,20,22)/b10-7+,16-13-. The lowest BCUT2D eigenvalue weighted by Gasteiger charge is -2.05. The lowest BCUT2D eigenvalue weighted by molar-refractivity contribution is -0.114. The normalized spacial score (nSPS) is 11.4. The Morgan fingerprint density at radius 2 is 1.50 bits per heavy atom. The van der Waals surface area contributed by atoms with E-state index in [0.29, 0.717) is 5.56 Å². The average molecular weight is 292 g/mol. The quantitative estimate of drug-likeness (QED) is 0.656. The molecule has 0 saturated heterocycles. The van der Waals surface area contributed by atoms with Gasteiger partial charge in [0.05, 0.1) is 0 Å². The van der Waals surface area contributed by atoms with Crippen LogP contribution in [0.2, 0.25) is 0 Å². The molecule has 0 aliphatic heterocycles. The molecule has 2 aromatic carbocycles. The van der Waals surface area contributed by atoms with E-state index in [1.807, 2.05) is 42.5 Å². The highest BCUT2D eigenvalue weighted by Gasteiger charge is 2.10. The summed E-state index contributed by atoms with van der Waals surface area (Å²) in [5, 5.41) is 2.52. The highest BCUT2D eigenvalue weighted by atomic mass is 16.2. The highest BCUT2D eigenvalue weighted by molar-refractivity contribution is 6.02. The molecule has 4 heteroatoms. The van der Waals surface area contributed by atoms with Gasteiger partial charge in [0.15, 0.2) is 0 Å². The van der Waals surface area contributed by atoms with Crippen LogP contribution in [0.1, 0.15) is 15.9 Å². The number of nitrogens with two attached hydrogens (primary N) is 1. The van der Waals surface area contributed by atoms with E-state index in [0.717, 1.165) is 5.56 Å². The number of carbonyl (C=O) groups excluding carboxylic acids is 2. The topological polar surface area (TPSA) is 72.2 Å². The first kappa shape index (κ1) is 15.3. The lowest BCUT2D eigenvalue weighted by atomic mass is 10.2. The summed E-state index contributed by atoms with van der Waals surface area (Å²) in [4.78, 5) is 23.4. The van der Waals surface area contributed by atoms with Crippen LogP contribution in [0.15, 0.2) is 78.5 Å². The van der Waals surface area contributed by atoms with Crippen molar-refractivity contribution in [3.63, 3.8) is 0 Å². The zero-order chi connectivity index (χ0) is 15.8. The van der Waals surface area contributed by atoms with Crippen LogP contribution in [0.4, 0.5) is 0 Å². The number of hydrogen-bond acceptors (Lipinski definition) is 2. The number of carbonyl (C=O) groups is 2. The molecule has 0 aliphatic carbocycles. The zero-order valence-electron chi connectivity index (χ0n) is 11.9. The zero-order valence-corrected chi connectivity index (χ0v) is 11.9. The van der Waals surface area contributed by atoms with Gasteiger partial charge in [-0.25, -0.2) is 0 Å². The van der Waals surface area contributed by atoms with E-state index in [4.69, 9.17) is 5.73 Å². The fourth-order valence-electron chi connectivity index (χ4n) is 1.79. The summed E-state index contributed by atoms with van der Waals surface area (Å²) in [6.07, 6.45) is 4.97. The molecule has 0 radical (unpaired) electrons. The van der Waals surface area contributed by atoms with E-state index in [9.17, 15) is 9.59 Å². The summed E-state index contributed by atoms with van der Waals surface area (Å²) < 4.78 is 0. The van der Waals surface area contributed by atoms with Crippen LogP contribution < -0.4 is 11.1 Å². The number of hydrogen-bond donors (Lipinski definition) is 2. The van der Waals surface area contributed by atoms with Crippen LogP contribution >= 0.6 is 0 Å². The molecule has 0 bridgehead atoms. The number of allylic oxidation sites excluding steroid dienone is 2. The largest absolute Gasteiger partial charge is 0.364 e. The smallest absolute Gasteiger partial charge is 0.265 e. The van der Waals surface area contributed by atoms with Gasteiger partial charge in [0.2, 0.25) is 0 Å². The molecule has 0 spiro atoms. The predicted molar refractivity (Wildman–Crippen MR) is 86.7 cm³/mol. The predicted octanol–water partition coefficient (Wildman–Crippen LogP) is 2.50. The van der Waals surface area contributed by atoms with Crippen molar-refractivity contribution in [1.29, 1.82) is 0 Å². The Morgan fingerprint density at radius 3 is 2.09 bits per heavy atom. The van der Waals surface area contributed by atoms with Crippen LogP contribution in [0.25, 0.3) is 6.08 Å². The van der Waals surface area contributed by atoms with Crippen LogP contribution in [-0.4, -0.2) is 11.8 Å². The van der Waals surface area contributed by atoms with Crippen LogP contribution in [0.3, 0.4) is 0 Å². The van der Waals surface area contributed by atoms with Crippen molar-refractivity contribution in [3.05, 3.63) is 89.6 Å². The van der Waals surface area contributed by atoms with Crippen LogP contribution in [0, 0.1) is 0 Å². The average Bonchev–Trinajstić information content (AvgIpc) is 2.55. The lowest BCUT2D eigenvalue weighted by Crippen LogP contribution is -2.31. The Morgan fingerprint density at radius 1 is 0.909 bits per heavy atom. The van der Waals surface area contributed by atoms with Gasteiger partial charge in [0.25, 0.3) is 11.8 Å². The summed E-state index contributed by atoms with van der Waals surface area (Å²) in [5.74, 6) is -1.07. The number of amides is 2. The van der Waals surface area contributed by atoms with E-state index in [-0.39, 0.29) is 11.6 Å². The molecule has 3 N–H and O–H groups in total. The van der Waals surface area contributed by atoms with Crippen molar-refractivity contribution in [3.8, 4) is 0 Å². The monoisotopic (exact) mass is 292 g/mol. The summed E-state index contributed by atoms with van der Waals surface area (Å²) in [5.41, 5.74) is 6.77. The maximum absolute atomic E-state index is 12.0. The first-order valence-electron chi connectivity index (χ1n) is 6.76. The minimum atomic E-state index is -0.693. The molecule has 0 aromatic heterocycles. The Balaban J connectivity index is 2.10. The Kier molecular flexibility index (Phi) is 5.26. The Labute approximate surface area is 129 Å². The number of nitrogens with one attached hydrogen (secondary N) is 1. The summed E-state index contributed by atoms with van der Waals surface area (Å²) in [7, 11) is 0. The molecule has 2 aromatic rings. The molecular weight excluding hydrogens is 276 g/mol. The minimum absolute atomic E-state index is 0.0426. The summed E-state index contributed by atoms with van der Waals surface area (Å²) in [6.45, 7) is 0. The van der Waals surface area contributed by atoms with Crippen molar-refractivity contribution < 1.29 is 9.59 Å². The third-order valence-corrected chi connectivity index (χ3v) is 2.90. The second kappa shape index (κ2) is 7.59. The molecule has 2 amide bonds. The first-order chi connectivity index (χ1) is 10.7. The Bertz CT molecular complexity index is 704. The highest BCUT2D eigenvalue weighted by Crippen LogP contribution is 2.03. The number of primary amides is 1. The van der Waals surface area contributed by atoms with Crippen LogP contribution in [0.5, 0.6) is 0 Å². The molecule has 22 heavy (non-hydrogen) atoms. The van der Waals surface area contributed by atoms with Crippen molar-refractivity contribution in [2.45, 2.75) is 0 Å². The first-order valence-corrected chi connectivity index (χ1v) is 6.76. The molecule has 0 heterocycles. The van der Waals surface area contributed by atoms with E-state index in [1.165, 1.54) is 6.08 Å². The van der Waals surface area contributed by atoms with E-state index in [2.05, 4.69) is 5.32 Å². The van der Waals surface area contributed by atoms with Gasteiger partial charge in [0.1, 0.15) is 5.70 Å². The van der Waals surface area contributed by atoms with Gasteiger partial charge in [-0.1, -0.05) is 60.7 Å². The Hall–Kier alpha value is -3.14. The second-order valence-electron chi connectivity index (χ2n) is 4.53. The molecular formula is C18H16N2O2. The minimum Gasteiger partial charge on any atom is -0.364 e. The molecule has 4 nitrogen and oxygen atoms in total.